The highest BCUT2D eigenvalue weighted by atomic mass is 16.5. The van der Waals surface area contributed by atoms with Crippen LogP contribution in [0.1, 0.15) is 29.6 Å². The zero-order chi connectivity index (χ0) is 20.3. The van der Waals surface area contributed by atoms with Crippen LogP contribution in [0.2, 0.25) is 0 Å². The quantitative estimate of drug-likeness (QED) is 0.789. The molecule has 2 fully saturated rings. The summed E-state index contributed by atoms with van der Waals surface area (Å²) in [5.41, 5.74) is 0.554. The topological polar surface area (TPSA) is 107 Å². The maximum absolute atomic E-state index is 12.8. The molecule has 1 aromatic carbocycles. The summed E-state index contributed by atoms with van der Waals surface area (Å²) >= 11 is 0. The predicted octanol–water partition coefficient (Wildman–Crippen LogP) is 0.841. The number of hydrogen-bond donors (Lipinski definition) is 2. The molecular formula is C20H26N2O6. The Bertz CT molecular complexity index is 744. The van der Waals surface area contributed by atoms with Crippen molar-refractivity contribution in [3.8, 4) is 5.75 Å². The first-order valence-electron chi connectivity index (χ1n) is 9.53. The fourth-order valence-electron chi connectivity index (χ4n) is 3.91. The number of piperidine rings is 2. The van der Waals surface area contributed by atoms with Crippen LogP contribution in [-0.4, -0.2) is 77.2 Å². The molecule has 0 bridgehead atoms. The molecule has 2 aliphatic rings. The Labute approximate surface area is 163 Å². The smallest absolute Gasteiger partial charge is 0.310 e. The van der Waals surface area contributed by atoms with Crippen LogP contribution in [0.25, 0.3) is 0 Å². The largest absolute Gasteiger partial charge is 0.497 e. The molecule has 2 atom stereocenters. The number of benzene rings is 1. The van der Waals surface area contributed by atoms with Gasteiger partial charge in [0.15, 0.2) is 0 Å². The number of hydrogen-bond acceptors (Lipinski definition) is 5. The highest BCUT2D eigenvalue weighted by Crippen LogP contribution is 2.25. The van der Waals surface area contributed by atoms with Gasteiger partial charge >= 0.3 is 5.97 Å². The maximum Gasteiger partial charge on any atom is 0.310 e. The number of methoxy groups -OCH3 is 1. The number of aliphatic carboxylic acids is 1. The number of aliphatic hydroxyl groups is 1. The van der Waals surface area contributed by atoms with E-state index in [0.717, 1.165) is 0 Å². The average Bonchev–Trinajstić information content (AvgIpc) is 2.73. The van der Waals surface area contributed by atoms with Crippen molar-refractivity contribution in [3.05, 3.63) is 29.8 Å². The van der Waals surface area contributed by atoms with E-state index in [2.05, 4.69) is 0 Å². The highest BCUT2D eigenvalue weighted by Gasteiger charge is 2.38. The monoisotopic (exact) mass is 390 g/mol. The van der Waals surface area contributed by atoms with Crippen molar-refractivity contribution in [2.75, 3.05) is 33.3 Å². The Morgan fingerprint density at radius 1 is 1.07 bits per heavy atom. The molecule has 1 aromatic rings. The summed E-state index contributed by atoms with van der Waals surface area (Å²) in [5, 5.41) is 19.0. The number of ether oxygens (including phenoxy) is 1. The van der Waals surface area contributed by atoms with Crippen molar-refractivity contribution in [2.24, 2.45) is 11.8 Å². The van der Waals surface area contributed by atoms with E-state index in [0.29, 0.717) is 43.8 Å². The van der Waals surface area contributed by atoms with Crippen LogP contribution >= 0.6 is 0 Å². The van der Waals surface area contributed by atoms with Crippen molar-refractivity contribution in [1.82, 2.24) is 9.80 Å². The Balaban J connectivity index is 1.56. The molecule has 2 aliphatic heterocycles. The summed E-state index contributed by atoms with van der Waals surface area (Å²) in [6, 6.07) is 6.99. The molecule has 0 saturated carbocycles. The van der Waals surface area contributed by atoms with Gasteiger partial charge in [0.2, 0.25) is 5.91 Å². The van der Waals surface area contributed by atoms with Crippen LogP contribution in [0, 0.1) is 11.8 Å². The number of rotatable bonds is 4. The van der Waals surface area contributed by atoms with Crippen molar-refractivity contribution in [3.63, 3.8) is 0 Å². The Hall–Kier alpha value is -2.61. The molecule has 8 nitrogen and oxygen atoms in total. The van der Waals surface area contributed by atoms with E-state index in [1.54, 1.807) is 41.2 Å². The molecule has 2 N–H and O–H groups in total. The Kier molecular flexibility index (Phi) is 6.18. The third kappa shape index (κ3) is 4.27. The third-order valence-electron chi connectivity index (χ3n) is 5.65. The minimum atomic E-state index is -1.08. The number of aliphatic hydroxyl groups excluding tert-OH is 1. The molecule has 3 rings (SSSR count). The third-order valence-corrected chi connectivity index (χ3v) is 5.65. The van der Waals surface area contributed by atoms with Gasteiger partial charge in [-0.25, -0.2) is 0 Å². The van der Waals surface area contributed by atoms with Crippen molar-refractivity contribution >= 4 is 17.8 Å². The minimum absolute atomic E-state index is 0.0400. The lowest BCUT2D eigenvalue weighted by molar-refractivity contribution is -0.153. The number of likely N-dealkylation sites (tertiary alicyclic amines) is 2. The van der Waals surface area contributed by atoms with Gasteiger partial charge in [-0.1, -0.05) is 6.07 Å². The first kappa shape index (κ1) is 20.1. The van der Waals surface area contributed by atoms with Crippen LogP contribution in [-0.2, 0) is 9.59 Å². The second kappa shape index (κ2) is 8.60. The maximum atomic E-state index is 12.8. The number of carbonyl (C=O) groups is 3. The highest BCUT2D eigenvalue weighted by molar-refractivity contribution is 5.94. The van der Waals surface area contributed by atoms with E-state index in [-0.39, 0.29) is 30.7 Å². The molecule has 2 heterocycles. The molecule has 0 aromatic heterocycles. The van der Waals surface area contributed by atoms with Crippen LogP contribution in [0.4, 0.5) is 0 Å². The van der Waals surface area contributed by atoms with Gasteiger partial charge in [0.1, 0.15) is 11.7 Å². The fourth-order valence-corrected chi connectivity index (χ4v) is 3.91. The molecule has 0 radical (unpaired) electrons. The van der Waals surface area contributed by atoms with Gasteiger partial charge in [0.25, 0.3) is 5.91 Å². The minimum Gasteiger partial charge on any atom is -0.497 e. The van der Waals surface area contributed by atoms with Gasteiger partial charge in [-0.15, -0.1) is 0 Å². The zero-order valence-electron chi connectivity index (χ0n) is 15.9. The van der Waals surface area contributed by atoms with Crippen LogP contribution in [0.5, 0.6) is 5.75 Å². The standard InChI is InChI=1S/C20H26N2O6/c1-28-15-4-2-3-14(11-15)19(25)21-8-5-13(6-9-21)18(24)22-10-7-17(23)16(12-22)20(26)27/h2-4,11,13,16-17,23H,5-10,12H2,1H3,(H,26,27)/t16-,17+/m1/s1. The number of amides is 2. The summed E-state index contributed by atoms with van der Waals surface area (Å²) < 4.78 is 5.16. The van der Waals surface area contributed by atoms with Gasteiger partial charge in [-0.05, 0) is 37.5 Å². The van der Waals surface area contributed by atoms with E-state index in [4.69, 9.17) is 4.74 Å². The molecule has 152 valence electrons. The molecule has 2 amide bonds. The number of carbonyl (C=O) groups excluding carboxylic acids is 2. The zero-order valence-corrected chi connectivity index (χ0v) is 15.9. The summed E-state index contributed by atoms with van der Waals surface area (Å²) in [4.78, 5) is 40.0. The molecule has 0 aliphatic carbocycles. The van der Waals surface area contributed by atoms with Gasteiger partial charge < -0.3 is 24.7 Å². The first-order chi connectivity index (χ1) is 13.4. The fraction of sp³-hybridized carbons (Fsp3) is 0.550. The summed E-state index contributed by atoms with van der Waals surface area (Å²) in [7, 11) is 1.55. The van der Waals surface area contributed by atoms with Crippen LogP contribution in [0.15, 0.2) is 24.3 Å². The molecular weight excluding hydrogens is 364 g/mol. The van der Waals surface area contributed by atoms with E-state index < -0.39 is 18.0 Å². The summed E-state index contributed by atoms with van der Waals surface area (Å²) in [6.45, 7) is 1.36. The first-order valence-corrected chi connectivity index (χ1v) is 9.53. The van der Waals surface area contributed by atoms with Gasteiger partial charge in [0, 0.05) is 37.7 Å². The average molecular weight is 390 g/mol. The Morgan fingerprint density at radius 3 is 2.39 bits per heavy atom. The lowest BCUT2D eigenvalue weighted by Gasteiger charge is -2.38. The molecule has 28 heavy (non-hydrogen) atoms. The summed E-state index contributed by atoms with van der Waals surface area (Å²) in [6.07, 6.45) is 0.455. The molecule has 0 unspecified atom stereocenters. The number of carboxylic acid groups (broad SMARTS) is 1. The molecule has 0 spiro atoms. The van der Waals surface area contributed by atoms with E-state index in [1.807, 2.05) is 0 Å². The van der Waals surface area contributed by atoms with Crippen LogP contribution in [0.3, 0.4) is 0 Å². The van der Waals surface area contributed by atoms with Crippen molar-refractivity contribution in [2.45, 2.75) is 25.4 Å². The number of carboxylic acids is 1. The normalized spacial score (nSPS) is 23.4. The molecule has 8 heteroatoms. The van der Waals surface area contributed by atoms with E-state index in [9.17, 15) is 24.6 Å². The second-order valence-electron chi connectivity index (χ2n) is 7.38. The number of nitrogens with zero attached hydrogens (tertiary/aromatic N) is 2. The van der Waals surface area contributed by atoms with E-state index in [1.165, 1.54) is 0 Å². The molecule has 2 saturated heterocycles. The van der Waals surface area contributed by atoms with Crippen LogP contribution < -0.4 is 4.74 Å². The van der Waals surface area contributed by atoms with Gasteiger partial charge in [-0.2, -0.15) is 0 Å². The van der Waals surface area contributed by atoms with Gasteiger partial charge in [0.05, 0.1) is 13.2 Å². The van der Waals surface area contributed by atoms with Crippen molar-refractivity contribution in [1.29, 1.82) is 0 Å². The lowest BCUT2D eigenvalue weighted by atomic mass is 9.90. The van der Waals surface area contributed by atoms with Crippen molar-refractivity contribution < 1.29 is 29.3 Å². The second-order valence-corrected chi connectivity index (χ2v) is 7.38. The van der Waals surface area contributed by atoms with Gasteiger partial charge in [-0.3, -0.25) is 14.4 Å². The Morgan fingerprint density at radius 2 is 1.75 bits per heavy atom. The lowest BCUT2D eigenvalue weighted by Crippen LogP contribution is -2.51. The summed E-state index contributed by atoms with van der Waals surface area (Å²) in [5.74, 6) is -1.78. The van der Waals surface area contributed by atoms with E-state index >= 15 is 0 Å². The predicted molar refractivity (Wildman–Crippen MR) is 100.0 cm³/mol. The SMILES string of the molecule is COc1cccc(C(=O)N2CCC(C(=O)N3CC[C@H](O)[C@H](C(=O)O)C3)CC2)c1.